The van der Waals surface area contributed by atoms with Gasteiger partial charge in [-0.25, -0.2) is 8.42 Å². The van der Waals surface area contributed by atoms with E-state index < -0.39 is 20.0 Å². The van der Waals surface area contributed by atoms with Crippen molar-refractivity contribution in [3.63, 3.8) is 0 Å². The summed E-state index contributed by atoms with van der Waals surface area (Å²) in [6.07, 6.45) is 3.98. The van der Waals surface area contributed by atoms with Crippen molar-refractivity contribution < 1.29 is 18.3 Å². The molecule has 0 radical (unpaired) electrons. The van der Waals surface area contributed by atoms with Crippen molar-refractivity contribution in [2.45, 2.75) is 36.3 Å². The lowest BCUT2D eigenvalue weighted by Gasteiger charge is -2.06. The number of carboxylic acids is 1. The van der Waals surface area contributed by atoms with Crippen molar-refractivity contribution in [3.05, 3.63) is 0 Å². The van der Waals surface area contributed by atoms with E-state index in [1.165, 1.54) is 6.26 Å². The minimum Gasteiger partial charge on any atom is -0.481 e. The van der Waals surface area contributed by atoms with Crippen LogP contribution in [-0.4, -0.2) is 29.9 Å². The molecule has 0 heterocycles. The summed E-state index contributed by atoms with van der Waals surface area (Å²) in [5, 5.41) is 8.35. The summed E-state index contributed by atoms with van der Waals surface area (Å²) >= 11 is 3.08. The normalized spacial score (nSPS) is 13.9. The standard InChI is InChI=1S/C8H15BrO4S/c1-14(12,13)7(9)5-3-2-4-6-8(10)11/h7H,2-6H2,1H3,(H,10,11). The molecule has 1 N–H and O–H groups in total. The van der Waals surface area contributed by atoms with E-state index in [9.17, 15) is 13.2 Å². The third-order valence-electron chi connectivity index (χ3n) is 1.79. The predicted molar refractivity (Wildman–Crippen MR) is 58.3 cm³/mol. The zero-order valence-electron chi connectivity index (χ0n) is 8.07. The Morgan fingerprint density at radius 2 is 1.93 bits per heavy atom. The molecule has 0 aliphatic carbocycles. The second kappa shape index (κ2) is 6.40. The molecule has 0 aromatic rings. The van der Waals surface area contributed by atoms with Crippen LogP contribution >= 0.6 is 15.9 Å². The van der Waals surface area contributed by atoms with Gasteiger partial charge in [-0.05, 0) is 12.8 Å². The summed E-state index contributed by atoms with van der Waals surface area (Å²) < 4.78 is 21.4. The summed E-state index contributed by atoms with van der Waals surface area (Å²) in [4.78, 5) is 10.2. The summed E-state index contributed by atoms with van der Waals surface area (Å²) in [7, 11) is -3.01. The molecule has 6 heteroatoms. The zero-order chi connectivity index (χ0) is 11.2. The molecule has 0 fully saturated rings. The van der Waals surface area contributed by atoms with Gasteiger partial charge in [0.05, 0.1) is 0 Å². The highest BCUT2D eigenvalue weighted by molar-refractivity contribution is 9.11. The maximum Gasteiger partial charge on any atom is 0.303 e. The van der Waals surface area contributed by atoms with E-state index in [-0.39, 0.29) is 6.42 Å². The average Bonchev–Trinajstić information content (AvgIpc) is 2.01. The van der Waals surface area contributed by atoms with Crippen molar-refractivity contribution in [3.8, 4) is 0 Å². The van der Waals surface area contributed by atoms with Gasteiger partial charge in [0.2, 0.25) is 0 Å². The van der Waals surface area contributed by atoms with Gasteiger partial charge >= 0.3 is 5.97 Å². The molecule has 0 aliphatic rings. The smallest absolute Gasteiger partial charge is 0.303 e. The van der Waals surface area contributed by atoms with E-state index in [1.807, 2.05) is 0 Å². The van der Waals surface area contributed by atoms with Gasteiger partial charge in [0.1, 0.15) is 4.16 Å². The molecule has 1 atom stereocenters. The van der Waals surface area contributed by atoms with E-state index >= 15 is 0 Å². The van der Waals surface area contributed by atoms with Crippen LogP contribution in [-0.2, 0) is 14.6 Å². The van der Waals surface area contributed by atoms with Crippen LogP contribution in [0.1, 0.15) is 32.1 Å². The van der Waals surface area contributed by atoms with Crippen LogP contribution in [0.4, 0.5) is 0 Å². The number of sulfone groups is 1. The van der Waals surface area contributed by atoms with Crippen LogP contribution in [0.25, 0.3) is 0 Å². The van der Waals surface area contributed by atoms with Crippen LogP contribution in [0.5, 0.6) is 0 Å². The van der Waals surface area contributed by atoms with E-state index in [1.54, 1.807) is 0 Å². The van der Waals surface area contributed by atoms with Gasteiger partial charge in [-0.1, -0.05) is 28.8 Å². The van der Waals surface area contributed by atoms with Crippen molar-refractivity contribution >= 4 is 31.7 Å². The molecule has 0 bridgehead atoms. The summed E-state index contributed by atoms with van der Waals surface area (Å²) in [5.74, 6) is -0.802. The number of alkyl halides is 1. The Morgan fingerprint density at radius 1 is 1.36 bits per heavy atom. The predicted octanol–water partition coefficient (Wildman–Crippen LogP) is 1.79. The van der Waals surface area contributed by atoms with Crippen LogP contribution < -0.4 is 0 Å². The van der Waals surface area contributed by atoms with Crippen molar-refractivity contribution in [2.75, 3.05) is 6.26 Å². The molecule has 4 nitrogen and oxygen atoms in total. The fourth-order valence-electron chi connectivity index (χ4n) is 0.972. The molecular weight excluding hydrogens is 272 g/mol. The van der Waals surface area contributed by atoms with E-state index in [4.69, 9.17) is 5.11 Å². The number of carboxylic acid groups (broad SMARTS) is 1. The second-order valence-corrected chi connectivity index (χ2v) is 7.17. The SMILES string of the molecule is CS(=O)(=O)C(Br)CCCCCC(=O)O. The van der Waals surface area contributed by atoms with Crippen LogP contribution in [0, 0.1) is 0 Å². The number of aliphatic carboxylic acids is 1. The molecule has 0 aliphatic heterocycles. The van der Waals surface area contributed by atoms with Crippen LogP contribution in [0.3, 0.4) is 0 Å². The van der Waals surface area contributed by atoms with Gasteiger partial charge in [-0.3, -0.25) is 4.79 Å². The fraction of sp³-hybridized carbons (Fsp3) is 0.875. The van der Waals surface area contributed by atoms with E-state index in [2.05, 4.69) is 15.9 Å². The van der Waals surface area contributed by atoms with E-state index in [0.717, 1.165) is 12.8 Å². The molecule has 0 saturated carbocycles. The van der Waals surface area contributed by atoms with Crippen molar-refractivity contribution in [2.24, 2.45) is 0 Å². The monoisotopic (exact) mass is 286 g/mol. The minimum absolute atomic E-state index is 0.159. The first-order chi connectivity index (χ1) is 6.34. The Bertz CT molecular complexity index is 273. The molecule has 0 rings (SSSR count). The number of rotatable bonds is 7. The van der Waals surface area contributed by atoms with E-state index in [0.29, 0.717) is 12.8 Å². The van der Waals surface area contributed by atoms with Crippen molar-refractivity contribution in [1.82, 2.24) is 0 Å². The lowest BCUT2D eigenvalue weighted by atomic mass is 10.2. The van der Waals surface area contributed by atoms with Crippen LogP contribution in [0.2, 0.25) is 0 Å². The molecule has 1 unspecified atom stereocenters. The summed E-state index contributed by atoms with van der Waals surface area (Å²) in [5.41, 5.74) is 0. The number of unbranched alkanes of at least 4 members (excludes halogenated alkanes) is 2. The second-order valence-electron chi connectivity index (χ2n) is 3.23. The number of carbonyl (C=O) groups is 1. The van der Waals surface area contributed by atoms with Gasteiger partial charge in [0.15, 0.2) is 9.84 Å². The molecule has 0 aromatic carbocycles. The summed E-state index contributed by atoms with van der Waals surface area (Å²) in [6, 6.07) is 0. The first kappa shape index (κ1) is 13.9. The Morgan fingerprint density at radius 3 is 2.36 bits per heavy atom. The number of halogens is 1. The maximum absolute atomic E-state index is 11.0. The van der Waals surface area contributed by atoms with Crippen LogP contribution in [0.15, 0.2) is 0 Å². The molecule has 0 aromatic heterocycles. The quantitative estimate of drug-likeness (QED) is 0.572. The number of hydrogen-bond donors (Lipinski definition) is 1. The zero-order valence-corrected chi connectivity index (χ0v) is 10.5. The highest BCUT2D eigenvalue weighted by Gasteiger charge is 2.15. The Kier molecular flexibility index (Phi) is 6.35. The highest BCUT2D eigenvalue weighted by atomic mass is 79.9. The third kappa shape index (κ3) is 7.32. The topological polar surface area (TPSA) is 71.4 Å². The lowest BCUT2D eigenvalue weighted by molar-refractivity contribution is -0.137. The Hall–Kier alpha value is -0.100. The largest absolute Gasteiger partial charge is 0.481 e. The lowest BCUT2D eigenvalue weighted by Crippen LogP contribution is -2.12. The van der Waals surface area contributed by atoms with Gasteiger partial charge in [-0.2, -0.15) is 0 Å². The molecule has 84 valence electrons. The Labute approximate surface area is 92.7 Å². The van der Waals surface area contributed by atoms with Crippen molar-refractivity contribution in [1.29, 1.82) is 0 Å². The molecule has 0 amide bonds. The number of hydrogen-bond acceptors (Lipinski definition) is 3. The first-order valence-corrected chi connectivity index (χ1v) is 7.26. The van der Waals surface area contributed by atoms with Gasteiger partial charge in [0.25, 0.3) is 0 Å². The molecule has 14 heavy (non-hydrogen) atoms. The molecular formula is C8H15BrO4S. The van der Waals surface area contributed by atoms with Gasteiger partial charge < -0.3 is 5.11 Å². The third-order valence-corrected chi connectivity index (χ3v) is 5.45. The molecule has 0 spiro atoms. The molecule has 0 saturated heterocycles. The van der Waals surface area contributed by atoms with Gasteiger partial charge in [-0.15, -0.1) is 0 Å². The first-order valence-electron chi connectivity index (χ1n) is 4.39. The maximum atomic E-state index is 11.0. The average molecular weight is 287 g/mol. The summed E-state index contributed by atoms with van der Waals surface area (Å²) in [6.45, 7) is 0. The minimum atomic E-state index is -3.01. The van der Waals surface area contributed by atoms with Gasteiger partial charge in [0, 0.05) is 12.7 Å². The fourth-order valence-corrected chi connectivity index (χ4v) is 1.89. The Balaban J connectivity index is 3.51. The highest BCUT2D eigenvalue weighted by Crippen LogP contribution is 2.16.